The van der Waals surface area contributed by atoms with E-state index in [0.717, 1.165) is 12.8 Å². The topological polar surface area (TPSA) is 29.1 Å². The molecule has 2 nitrogen and oxygen atoms in total. The number of hydrogen-bond acceptors (Lipinski definition) is 1. The Morgan fingerprint density at radius 3 is 2.92 bits per heavy atom. The molecule has 2 heteroatoms. The summed E-state index contributed by atoms with van der Waals surface area (Å²) in [5, 5.41) is 2.94. The highest BCUT2D eigenvalue weighted by Gasteiger charge is 2.22. The van der Waals surface area contributed by atoms with E-state index < -0.39 is 0 Å². The van der Waals surface area contributed by atoms with Crippen LogP contribution in [0.15, 0.2) is 0 Å². The van der Waals surface area contributed by atoms with Crippen molar-refractivity contribution in [3.63, 3.8) is 0 Å². The van der Waals surface area contributed by atoms with Gasteiger partial charge < -0.3 is 5.32 Å². The zero-order valence-electron chi connectivity index (χ0n) is 7.52. The van der Waals surface area contributed by atoms with Gasteiger partial charge in [-0.1, -0.05) is 0 Å². The fourth-order valence-electron chi connectivity index (χ4n) is 0.990. The third kappa shape index (κ3) is 4.02. The van der Waals surface area contributed by atoms with Crippen LogP contribution in [0.3, 0.4) is 0 Å². The highest BCUT2D eigenvalue weighted by molar-refractivity contribution is 5.76. The fourth-order valence-corrected chi connectivity index (χ4v) is 0.990. The van der Waals surface area contributed by atoms with Crippen LogP contribution in [0, 0.1) is 11.8 Å². The summed E-state index contributed by atoms with van der Waals surface area (Å²) in [5.74, 6) is 5.95. The number of rotatable bonds is 4. The maximum atomic E-state index is 11.1. The summed E-state index contributed by atoms with van der Waals surface area (Å²) in [5.41, 5.74) is 0. The Morgan fingerprint density at radius 1 is 1.58 bits per heavy atom. The van der Waals surface area contributed by atoms with Gasteiger partial charge in [0.25, 0.3) is 0 Å². The second-order valence-electron chi connectivity index (χ2n) is 3.12. The SMILES string of the molecule is CC#CCCCC(=O)NC1CC1. The van der Waals surface area contributed by atoms with Gasteiger partial charge in [-0.25, -0.2) is 0 Å². The third-order valence-electron chi connectivity index (χ3n) is 1.82. The minimum absolute atomic E-state index is 0.190. The molecule has 12 heavy (non-hydrogen) atoms. The van der Waals surface area contributed by atoms with E-state index in [1.54, 1.807) is 0 Å². The summed E-state index contributed by atoms with van der Waals surface area (Å²) in [6.07, 6.45) is 4.69. The van der Waals surface area contributed by atoms with E-state index in [0.29, 0.717) is 12.5 Å². The lowest BCUT2D eigenvalue weighted by Crippen LogP contribution is -2.24. The van der Waals surface area contributed by atoms with Crippen molar-refractivity contribution in [2.75, 3.05) is 0 Å². The van der Waals surface area contributed by atoms with Crippen LogP contribution in [-0.4, -0.2) is 11.9 Å². The third-order valence-corrected chi connectivity index (χ3v) is 1.82. The molecule has 0 aromatic heterocycles. The molecular weight excluding hydrogens is 150 g/mol. The van der Waals surface area contributed by atoms with Gasteiger partial charge in [0.2, 0.25) is 5.91 Å². The van der Waals surface area contributed by atoms with E-state index >= 15 is 0 Å². The van der Waals surface area contributed by atoms with Crippen molar-refractivity contribution in [1.82, 2.24) is 5.32 Å². The monoisotopic (exact) mass is 165 g/mol. The van der Waals surface area contributed by atoms with Crippen molar-refractivity contribution in [3.05, 3.63) is 0 Å². The van der Waals surface area contributed by atoms with E-state index in [1.165, 1.54) is 12.8 Å². The number of carbonyl (C=O) groups excluding carboxylic acids is 1. The molecule has 0 heterocycles. The van der Waals surface area contributed by atoms with E-state index in [4.69, 9.17) is 0 Å². The van der Waals surface area contributed by atoms with Crippen molar-refractivity contribution >= 4 is 5.91 Å². The Kier molecular flexibility index (Phi) is 3.66. The number of amides is 1. The lowest BCUT2D eigenvalue weighted by molar-refractivity contribution is -0.121. The van der Waals surface area contributed by atoms with Gasteiger partial charge in [-0.3, -0.25) is 4.79 Å². The first-order valence-corrected chi connectivity index (χ1v) is 4.52. The highest BCUT2D eigenvalue weighted by Crippen LogP contribution is 2.18. The highest BCUT2D eigenvalue weighted by atomic mass is 16.1. The average Bonchev–Trinajstić information content (AvgIpc) is 2.82. The molecular formula is C10H15NO. The summed E-state index contributed by atoms with van der Waals surface area (Å²) >= 11 is 0. The Balaban J connectivity index is 1.96. The van der Waals surface area contributed by atoms with Crippen LogP contribution >= 0.6 is 0 Å². The van der Waals surface area contributed by atoms with Crippen LogP contribution in [0.2, 0.25) is 0 Å². The van der Waals surface area contributed by atoms with Crippen molar-refractivity contribution in [3.8, 4) is 11.8 Å². The van der Waals surface area contributed by atoms with Gasteiger partial charge in [-0.05, 0) is 26.2 Å². The second kappa shape index (κ2) is 4.82. The molecule has 1 rings (SSSR count). The first kappa shape index (κ1) is 9.12. The molecule has 1 fully saturated rings. The van der Waals surface area contributed by atoms with Crippen LogP contribution in [0.5, 0.6) is 0 Å². The van der Waals surface area contributed by atoms with Crippen LogP contribution < -0.4 is 5.32 Å². The minimum Gasteiger partial charge on any atom is -0.353 e. The van der Waals surface area contributed by atoms with Crippen LogP contribution in [0.25, 0.3) is 0 Å². The Labute approximate surface area is 73.7 Å². The summed E-state index contributed by atoms with van der Waals surface area (Å²) in [6, 6.07) is 0.495. The van der Waals surface area contributed by atoms with E-state index in [1.807, 2.05) is 6.92 Å². The smallest absolute Gasteiger partial charge is 0.220 e. The molecule has 0 spiro atoms. The molecule has 1 aliphatic carbocycles. The first-order chi connectivity index (χ1) is 5.83. The molecule has 66 valence electrons. The maximum absolute atomic E-state index is 11.1. The van der Waals surface area contributed by atoms with Crippen LogP contribution in [0.4, 0.5) is 0 Å². The minimum atomic E-state index is 0.190. The zero-order chi connectivity index (χ0) is 8.81. The average molecular weight is 165 g/mol. The molecule has 1 amide bonds. The summed E-state index contributed by atoms with van der Waals surface area (Å²) in [4.78, 5) is 11.1. The number of nitrogens with one attached hydrogen (secondary N) is 1. The maximum Gasteiger partial charge on any atom is 0.220 e. The quantitative estimate of drug-likeness (QED) is 0.496. The van der Waals surface area contributed by atoms with Gasteiger partial charge in [-0.15, -0.1) is 11.8 Å². The molecule has 0 aromatic carbocycles. The molecule has 0 atom stereocenters. The standard InChI is InChI=1S/C10H15NO/c1-2-3-4-5-6-10(12)11-9-7-8-9/h9H,4-8H2,1H3,(H,11,12). The molecule has 0 aliphatic heterocycles. The van der Waals surface area contributed by atoms with Gasteiger partial charge in [-0.2, -0.15) is 0 Å². The molecule has 0 bridgehead atoms. The molecule has 0 aromatic rings. The molecule has 1 N–H and O–H groups in total. The summed E-state index contributed by atoms with van der Waals surface area (Å²) < 4.78 is 0. The largest absolute Gasteiger partial charge is 0.353 e. The summed E-state index contributed by atoms with van der Waals surface area (Å²) in [6.45, 7) is 1.82. The second-order valence-corrected chi connectivity index (χ2v) is 3.12. The van der Waals surface area contributed by atoms with Crippen molar-refractivity contribution in [1.29, 1.82) is 0 Å². The predicted octanol–water partition coefficient (Wildman–Crippen LogP) is 1.46. The lowest BCUT2D eigenvalue weighted by atomic mass is 10.2. The van der Waals surface area contributed by atoms with Crippen molar-refractivity contribution in [2.45, 2.75) is 45.1 Å². The zero-order valence-corrected chi connectivity index (χ0v) is 7.52. The van der Waals surface area contributed by atoms with Gasteiger partial charge >= 0.3 is 0 Å². The molecule has 1 saturated carbocycles. The van der Waals surface area contributed by atoms with E-state index in [-0.39, 0.29) is 5.91 Å². The number of hydrogen-bond donors (Lipinski definition) is 1. The molecule has 0 saturated heterocycles. The Morgan fingerprint density at radius 2 is 2.33 bits per heavy atom. The fraction of sp³-hybridized carbons (Fsp3) is 0.700. The summed E-state index contributed by atoms with van der Waals surface area (Å²) in [7, 11) is 0. The normalized spacial score (nSPS) is 14.8. The Bertz CT molecular complexity index is 208. The van der Waals surface area contributed by atoms with Crippen LogP contribution in [-0.2, 0) is 4.79 Å². The van der Waals surface area contributed by atoms with Crippen molar-refractivity contribution in [2.24, 2.45) is 0 Å². The molecule has 0 radical (unpaired) electrons. The number of unbranched alkanes of at least 4 members (excludes halogenated alkanes) is 1. The first-order valence-electron chi connectivity index (χ1n) is 4.52. The molecule has 1 aliphatic rings. The van der Waals surface area contributed by atoms with E-state index in [9.17, 15) is 4.79 Å². The number of carbonyl (C=O) groups is 1. The van der Waals surface area contributed by atoms with Crippen LogP contribution in [0.1, 0.15) is 39.0 Å². The van der Waals surface area contributed by atoms with Gasteiger partial charge in [0.1, 0.15) is 0 Å². The van der Waals surface area contributed by atoms with Gasteiger partial charge in [0, 0.05) is 18.9 Å². The lowest BCUT2D eigenvalue weighted by Gasteiger charge is -2.00. The van der Waals surface area contributed by atoms with Gasteiger partial charge in [0.05, 0.1) is 0 Å². The predicted molar refractivity (Wildman–Crippen MR) is 48.5 cm³/mol. The van der Waals surface area contributed by atoms with Gasteiger partial charge in [0.15, 0.2) is 0 Å². The van der Waals surface area contributed by atoms with E-state index in [2.05, 4.69) is 17.2 Å². The molecule has 0 unspecified atom stereocenters. The Hall–Kier alpha value is -0.970. The van der Waals surface area contributed by atoms with Crippen molar-refractivity contribution < 1.29 is 4.79 Å².